The highest BCUT2D eigenvalue weighted by Crippen LogP contribution is 2.38. The maximum atomic E-state index is 5.58. The normalized spacial score (nSPS) is 19.1. The van der Waals surface area contributed by atoms with Crippen LogP contribution in [0.25, 0.3) is 0 Å². The summed E-state index contributed by atoms with van der Waals surface area (Å²) in [5, 5.41) is 0. The van der Waals surface area contributed by atoms with Gasteiger partial charge >= 0.3 is 0 Å². The Morgan fingerprint density at radius 2 is 1.25 bits per heavy atom. The molecule has 4 rings (SSSR count). The van der Waals surface area contributed by atoms with Crippen LogP contribution in [0.5, 0.6) is 11.5 Å². The first-order valence-corrected chi connectivity index (χ1v) is 9.77. The maximum absolute atomic E-state index is 5.58. The van der Waals surface area contributed by atoms with E-state index in [0.29, 0.717) is 0 Å². The molecule has 0 spiro atoms. The van der Waals surface area contributed by atoms with Gasteiger partial charge in [-0.1, -0.05) is 24.3 Å². The largest absolute Gasteiger partial charge is 0.493 e. The van der Waals surface area contributed by atoms with Crippen molar-refractivity contribution in [3.8, 4) is 11.5 Å². The number of aliphatic imine (C=N–C) groups is 2. The molecule has 4 nitrogen and oxygen atoms in total. The van der Waals surface area contributed by atoms with Crippen molar-refractivity contribution in [2.24, 2.45) is 9.98 Å². The first-order chi connectivity index (χ1) is 13.2. The van der Waals surface area contributed by atoms with Gasteiger partial charge in [0, 0.05) is 11.1 Å². The predicted molar refractivity (Wildman–Crippen MR) is 115 cm³/mol. The smallest absolute Gasteiger partial charge is 0.161 e. The molecular weight excluding hydrogens is 348 g/mol. The van der Waals surface area contributed by atoms with E-state index in [0.717, 1.165) is 41.3 Å². The van der Waals surface area contributed by atoms with Crippen molar-refractivity contribution >= 4 is 11.4 Å². The van der Waals surface area contributed by atoms with Gasteiger partial charge in [0.05, 0.1) is 36.7 Å². The van der Waals surface area contributed by atoms with Gasteiger partial charge in [0.15, 0.2) is 11.5 Å². The van der Waals surface area contributed by atoms with Crippen molar-refractivity contribution in [1.82, 2.24) is 0 Å². The van der Waals surface area contributed by atoms with Gasteiger partial charge in [-0.3, -0.25) is 9.98 Å². The molecule has 2 aliphatic heterocycles. The quantitative estimate of drug-likeness (QED) is 0.782. The number of nitrogens with zero attached hydrogens (tertiary/aromatic N) is 2. The third kappa shape index (κ3) is 3.21. The lowest BCUT2D eigenvalue weighted by atomic mass is 9.80. The fourth-order valence-corrected chi connectivity index (χ4v) is 4.29. The van der Waals surface area contributed by atoms with Gasteiger partial charge in [-0.25, -0.2) is 0 Å². The third-order valence-electron chi connectivity index (χ3n) is 5.44. The second-order valence-electron chi connectivity index (χ2n) is 8.92. The summed E-state index contributed by atoms with van der Waals surface area (Å²) in [7, 11) is 3.35. The highest BCUT2D eigenvalue weighted by molar-refractivity contribution is 6.54. The van der Waals surface area contributed by atoms with E-state index in [4.69, 9.17) is 19.5 Å². The zero-order valence-corrected chi connectivity index (χ0v) is 17.6. The van der Waals surface area contributed by atoms with E-state index < -0.39 is 0 Å². The molecule has 2 aliphatic rings. The number of benzene rings is 2. The Morgan fingerprint density at radius 1 is 0.714 bits per heavy atom. The van der Waals surface area contributed by atoms with Crippen LogP contribution >= 0.6 is 0 Å². The lowest BCUT2D eigenvalue weighted by molar-refractivity contribution is 0.354. The van der Waals surface area contributed by atoms with Gasteiger partial charge in [0.2, 0.25) is 0 Å². The van der Waals surface area contributed by atoms with Crippen LogP contribution in [-0.4, -0.2) is 36.7 Å². The van der Waals surface area contributed by atoms with Crippen molar-refractivity contribution < 1.29 is 9.47 Å². The average molecular weight is 377 g/mol. The molecule has 4 heteroatoms. The molecule has 146 valence electrons. The van der Waals surface area contributed by atoms with Crippen LogP contribution in [0.15, 0.2) is 46.4 Å². The van der Waals surface area contributed by atoms with Crippen molar-refractivity contribution in [2.45, 2.75) is 51.6 Å². The summed E-state index contributed by atoms with van der Waals surface area (Å²) in [5.41, 5.74) is 6.37. The summed E-state index contributed by atoms with van der Waals surface area (Å²) in [6.07, 6.45) is 1.78. The van der Waals surface area contributed by atoms with Crippen LogP contribution in [0.2, 0.25) is 0 Å². The number of hydrogen-bond donors (Lipinski definition) is 0. The first-order valence-electron chi connectivity index (χ1n) is 9.77. The van der Waals surface area contributed by atoms with Crippen molar-refractivity contribution in [2.75, 3.05) is 14.2 Å². The van der Waals surface area contributed by atoms with Gasteiger partial charge in [-0.05, 0) is 63.8 Å². The second kappa shape index (κ2) is 6.47. The molecule has 0 fully saturated rings. The lowest BCUT2D eigenvalue weighted by Crippen LogP contribution is -2.37. The van der Waals surface area contributed by atoms with E-state index in [-0.39, 0.29) is 11.1 Å². The Balaban J connectivity index is 1.97. The number of hydrogen-bond acceptors (Lipinski definition) is 4. The van der Waals surface area contributed by atoms with Crippen LogP contribution in [0, 0.1) is 0 Å². The molecule has 0 radical (unpaired) electrons. The van der Waals surface area contributed by atoms with Crippen molar-refractivity contribution in [3.63, 3.8) is 0 Å². The van der Waals surface area contributed by atoms with Gasteiger partial charge in [-0.15, -0.1) is 0 Å². The number of fused-ring (bicyclic) bond motifs is 2. The molecule has 2 heterocycles. The summed E-state index contributed by atoms with van der Waals surface area (Å²) in [6, 6.07) is 12.7. The van der Waals surface area contributed by atoms with Crippen molar-refractivity contribution in [3.05, 3.63) is 58.7 Å². The van der Waals surface area contributed by atoms with E-state index in [2.05, 4.69) is 64.1 Å². The molecule has 0 saturated carbocycles. The van der Waals surface area contributed by atoms with Crippen LogP contribution in [0.1, 0.15) is 49.9 Å². The molecule has 0 unspecified atom stereocenters. The fraction of sp³-hybridized carbons (Fsp3) is 0.417. The van der Waals surface area contributed by atoms with Gasteiger partial charge in [0.25, 0.3) is 0 Å². The van der Waals surface area contributed by atoms with Gasteiger partial charge in [-0.2, -0.15) is 0 Å². The molecule has 28 heavy (non-hydrogen) atoms. The van der Waals surface area contributed by atoms with E-state index >= 15 is 0 Å². The summed E-state index contributed by atoms with van der Waals surface area (Å²) in [4.78, 5) is 10.3. The SMILES string of the molecule is COc1cc2c(cc1OC)C(C1=NC(C)(C)Cc3ccccc31)=NC(C)(C)C2. The monoisotopic (exact) mass is 376 g/mol. The van der Waals surface area contributed by atoms with Crippen LogP contribution in [-0.2, 0) is 12.8 Å². The summed E-state index contributed by atoms with van der Waals surface area (Å²) in [5.74, 6) is 1.47. The highest BCUT2D eigenvalue weighted by Gasteiger charge is 2.35. The topological polar surface area (TPSA) is 43.2 Å². The number of methoxy groups -OCH3 is 2. The lowest BCUT2D eigenvalue weighted by Gasteiger charge is -2.34. The summed E-state index contributed by atoms with van der Waals surface area (Å²) >= 11 is 0. The van der Waals surface area contributed by atoms with E-state index in [1.807, 2.05) is 0 Å². The number of ether oxygens (including phenoxy) is 2. The minimum absolute atomic E-state index is 0.162. The molecule has 0 bridgehead atoms. The maximum Gasteiger partial charge on any atom is 0.161 e. The highest BCUT2D eigenvalue weighted by atomic mass is 16.5. The predicted octanol–water partition coefficient (Wildman–Crippen LogP) is 4.65. The van der Waals surface area contributed by atoms with Gasteiger partial charge < -0.3 is 9.47 Å². The first kappa shape index (κ1) is 18.7. The van der Waals surface area contributed by atoms with E-state index in [9.17, 15) is 0 Å². The Bertz CT molecular complexity index is 1000. The Morgan fingerprint density at radius 3 is 1.89 bits per heavy atom. The Hall–Kier alpha value is -2.62. The van der Waals surface area contributed by atoms with E-state index in [1.54, 1.807) is 14.2 Å². The second-order valence-corrected chi connectivity index (χ2v) is 8.92. The fourth-order valence-electron chi connectivity index (χ4n) is 4.29. The summed E-state index contributed by atoms with van der Waals surface area (Å²) < 4.78 is 11.1. The minimum Gasteiger partial charge on any atom is -0.493 e. The molecular formula is C24H28N2O2. The molecule has 2 aromatic rings. The molecule has 0 saturated heterocycles. The van der Waals surface area contributed by atoms with Crippen LogP contribution < -0.4 is 9.47 Å². The molecule has 0 aliphatic carbocycles. The standard InChI is InChI=1S/C24H28N2O2/c1-23(2)13-15-9-7-8-10-17(15)21(25-23)22-18-12-20(28-6)19(27-5)11-16(18)14-24(3,4)26-22/h7-12H,13-14H2,1-6H3. The zero-order valence-electron chi connectivity index (χ0n) is 17.6. The van der Waals surface area contributed by atoms with Gasteiger partial charge in [0.1, 0.15) is 0 Å². The van der Waals surface area contributed by atoms with Crippen LogP contribution in [0.4, 0.5) is 0 Å². The molecule has 0 aromatic heterocycles. The summed E-state index contributed by atoms with van der Waals surface area (Å²) in [6.45, 7) is 8.72. The van der Waals surface area contributed by atoms with E-state index in [1.165, 1.54) is 16.7 Å². The molecule has 0 atom stereocenters. The average Bonchev–Trinajstić information content (AvgIpc) is 2.64. The van der Waals surface area contributed by atoms with Crippen LogP contribution in [0.3, 0.4) is 0 Å². The molecule has 0 amide bonds. The minimum atomic E-state index is -0.207. The molecule has 0 N–H and O–H groups in total. The van der Waals surface area contributed by atoms with Crippen molar-refractivity contribution in [1.29, 1.82) is 0 Å². The third-order valence-corrected chi connectivity index (χ3v) is 5.44. The number of rotatable bonds is 3. The zero-order chi connectivity index (χ0) is 20.1. The Labute approximate surface area is 167 Å². The molecule has 2 aromatic carbocycles. The Kier molecular flexibility index (Phi) is 4.33.